The molecule has 2 nitrogen and oxygen atoms in total. The molecule has 2 atom stereocenters. The van der Waals surface area contributed by atoms with Crippen LogP contribution in [-0.2, 0) is 8.85 Å². The highest BCUT2D eigenvalue weighted by Crippen LogP contribution is 2.06. The molecule has 0 bridgehead atoms. The van der Waals surface area contributed by atoms with Gasteiger partial charge < -0.3 is 8.85 Å². The first kappa shape index (κ1) is 11.4. The lowest BCUT2D eigenvalue weighted by Gasteiger charge is -2.16. The highest BCUT2D eigenvalue weighted by molar-refractivity contribution is 6.71. The first-order valence-corrected chi connectivity index (χ1v) is 8.54. The van der Waals surface area contributed by atoms with Gasteiger partial charge >= 0.3 is 0 Å². The van der Waals surface area contributed by atoms with Gasteiger partial charge in [0.25, 0.3) is 0 Å². The number of hydrogen-bond donors (Lipinski definition) is 0. The molecule has 0 N–H and O–H groups in total. The molecule has 0 aromatic rings. The number of hydrogen-bond acceptors (Lipinski definition) is 2. The van der Waals surface area contributed by atoms with Crippen LogP contribution < -0.4 is 0 Å². The molecular weight excluding hydrogens is 172 g/mol. The first-order valence-electron chi connectivity index (χ1n) is 4.34. The molecule has 0 heterocycles. The molecule has 0 rings (SSSR count). The third-order valence-corrected chi connectivity index (χ3v) is 9.46. The molecule has 0 amide bonds. The highest BCUT2D eigenvalue weighted by atomic mass is 28.4. The molecule has 0 radical (unpaired) electrons. The Kier molecular flexibility index (Phi) is 7.25. The minimum absolute atomic E-state index is 0.849. The molecule has 0 aromatic heterocycles. The molecule has 0 aromatic carbocycles. The van der Waals surface area contributed by atoms with Crippen LogP contribution in [0.15, 0.2) is 0 Å². The van der Waals surface area contributed by atoms with Crippen LogP contribution in [0.1, 0.15) is 13.8 Å². The van der Waals surface area contributed by atoms with E-state index >= 15 is 0 Å². The summed E-state index contributed by atoms with van der Waals surface area (Å²) in [7, 11) is 1.99. The van der Waals surface area contributed by atoms with Crippen molar-refractivity contribution in [2.45, 2.75) is 31.6 Å². The summed E-state index contributed by atoms with van der Waals surface area (Å²) in [5.74, 6) is 0. The normalized spacial score (nSPS) is 16.4. The van der Waals surface area contributed by atoms with Gasteiger partial charge in [-0.25, -0.2) is 0 Å². The van der Waals surface area contributed by atoms with Crippen LogP contribution >= 0.6 is 0 Å². The van der Waals surface area contributed by atoms with Gasteiger partial charge in [-0.05, 0) is 17.8 Å². The summed E-state index contributed by atoms with van der Waals surface area (Å²) in [6, 6.07) is 2.48. The van der Waals surface area contributed by atoms with Crippen molar-refractivity contribution < 1.29 is 8.85 Å². The van der Waals surface area contributed by atoms with Crippen LogP contribution in [-0.4, -0.2) is 32.3 Å². The van der Waals surface area contributed by atoms with Gasteiger partial charge in [0.15, 0.2) is 18.1 Å². The molecule has 0 aliphatic heterocycles. The van der Waals surface area contributed by atoms with Crippen molar-refractivity contribution in [3.8, 4) is 0 Å². The molecule has 0 aliphatic carbocycles. The van der Waals surface area contributed by atoms with Crippen molar-refractivity contribution in [2.75, 3.05) is 14.2 Å². The van der Waals surface area contributed by atoms with Gasteiger partial charge in [-0.1, -0.05) is 13.8 Å². The molecule has 0 saturated carbocycles. The lowest BCUT2D eigenvalue weighted by atomic mass is 11.0. The Hall–Kier alpha value is 0.354. The first-order chi connectivity index (χ1) is 5.28. The molecule has 0 aliphatic rings. The molecule has 68 valence electrons. The van der Waals surface area contributed by atoms with Gasteiger partial charge in [0, 0.05) is 14.2 Å². The molecule has 4 heteroatoms. The molecular formula is C7H20O2Si2. The van der Waals surface area contributed by atoms with E-state index in [1.807, 2.05) is 14.2 Å². The van der Waals surface area contributed by atoms with Gasteiger partial charge in [-0.15, -0.1) is 0 Å². The van der Waals surface area contributed by atoms with Gasteiger partial charge in [-0.2, -0.15) is 0 Å². The Morgan fingerprint density at radius 1 is 0.909 bits per heavy atom. The van der Waals surface area contributed by atoms with E-state index in [1.165, 1.54) is 17.8 Å². The van der Waals surface area contributed by atoms with Gasteiger partial charge in [0.2, 0.25) is 0 Å². The highest BCUT2D eigenvalue weighted by Gasteiger charge is 2.15. The van der Waals surface area contributed by atoms with E-state index in [4.69, 9.17) is 8.85 Å². The third-order valence-electron chi connectivity index (χ3n) is 2.10. The van der Waals surface area contributed by atoms with Crippen molar-refractivity contribution in [2.24, 2.45) is 0 Å². The molecule has 0 spiro atoms. The smallest absolute Gasteiger partial charge is 0.175 e. The molecule has 0 fully saturated rings. The Bertz CT molecular complexity index is 72.5. The summed E-state index contributed by atoms with van der Waals surface area (Å²) in [5, 5.41) is 0. The summed E-state index contributed by atoms with van der Waals surface area (Å²) in [5.41, 5.74) is 1.29. The van der Waals surface area contributed by atoms with Crippen LogP contribution in [0.3, 0.4) is 0 Å². The maximum absolute atomic E-state index is 5.43. The minimum Gasteiger partial charge on any atom is -0.423 e. The van der Waals surface area contributed by atoms with Crippen LogP contribution in [0.5, 0.6) is 0 Å². The molecule has 0 saturated heterocycles. The Morgan fingerprint density at radius 3 is 1.45 bits per heavy atom. The van der Waals surface area contributed by atoms with Gasteiger partial charge in [0.1, 0.15) is 0 Å². The van der Waals surface area contributed by atoms with Crippen LogP contribution in [0.25, 0.3) is 0 Å². The van der Waals surface area contributed by atoms with Crippen molar-refractivity contribution >= 4 is 18.1 Å². The second-order valence-corrected chi connectivity index (χ2v) is 9.72. The quantitative estimate of drug-likeness (QED) is 0.591. The lowest BCUT2D eigenvalue weighted by molar-refractivity contribution is 0.405. The molecule has 11 heavy (non-hydrogen) atoms. The standard InChI is InChI=1S/C7H20O2Si2/c1-5-10(8-3)7-11(6-2)9-4/h10-11H,5-7H2,1-4H3. The van der Waals surface area contributed by atoms with Gasteiger partial charge in [-0.3, -0.25) is 0 Å². The van der Waals surface area contributed by atoms with Crippen LogP contribution in [0, 0.1) is 0 Å². The van der Waals surface area contributed by atoms with E-state index < -0.39 is 18.1 Å². The van der Waals surface area contributed by atoms with E-state index in [9.17, 15) is 0 Å². The zero-order valence-corrected chi connectivity index (χ0v) is 10.4. The molecule has 2 unspecified atom stereocenters. The largest absolute Gasteiger partial charge is 0.423 e. The van der Waals surface area contributed by atoms with E-state index in [1.54, 1.807) is 0 Å². The van der Waals surface area contributed by atoms with Crippen molar-refractivity contribution in [1.82, 2.24) is 0 Å². The summed E-state index contributed by atoms with van der Waals surface area (Å²) < 4.78 is 10.9. The Balaban J connectivity index is 3.58. The maximum atomic E-state index is 5.43. The zero-order valence-electron chi connectivity index (χ0n) is 8.09. The Morgan fingerprint density at radius 2 is 1.27 bits per heavy atom. The number of rotatable bonds is 6. The van der Waals surface area contributed by atoms with Crippen molar-refractivity contribution in [3.05, 3.63) is 0 Å². The SMILES string of the molecule is CC[SiH](C[SiH](CC)OC)OC. The minimum atomic E-state index is -0.849. The summed E-state index contributed by atoms with van der Waals surface area (Å²) in [4.78, 5) is 0. The monoisotopic (exact) mass is 192 g/mol. The van der Waals surface area contributed by atoms with E-state index in [-0.39, 0.29) is 0 Å². The van der Waals surface area contributed by atoms with Crippen LogP contribution in [0.2, 0.25) is 17.8 Å². The van der Waals surface area contributed by atoms with E-state index in [0.717, 1.165) is 0 Å². The maximum Gasteiger partial charge on any atom is 0.175 e. The predicted molar refractivity (Wildman–Crippen MR) is 54.1 cm³/mol. The Labute approximate surface area is 73.4 Å². The summed E-state index contributed by atoms with van der Waals surface area (Å²) >= 11 is 0. The lowest BCUT2D eigenvalue weighted by Crippen LogP contribution is -2.26. The average Bonchev–Trinajstić information content (AvgIpc) is 2.07. The summed E-state index contributed by atoms with van der Waals surface area (Å²) in [6.45, 7) is 4.44. The third kappa shape index (κ3) is 4.73. The van der Waals surface area contributed by atoms with Crippen LogP contribution in [0.4, 0.5) is 0 Å². The van der Waals surface area contributed by atoms with E-state index in [0.29, 0.717) is 0 Å². The fourth-order valence-electron chi connectivity index (χ4n) is 1.15. The predicted octanol–water partition coefficient (Wildman–Crippen LogP) is 1.31. The zero-order chi connectivity index (χ0) is 8.69. The van der Waals surface area contributed by atoms with Gasteiger partial charge in [0.05, 0.1) is 0 Å². The second-order valence-electron chi connectivity index (χ2n) is 2.77. The second kappa shape index (κ2) is 7.03. The van der Waals surface area contributed by atoms with Crippen molar-refractivity contribution in [1.29, 1.82) is 0 Å². The average molecular weight is 192 g/mol. The summed E-state index contributed by atoms with van der Waals surface area (Å²) in [6.07, 6.45) is 0. The van der Waals surface area contributed by atoms with Crippen molar-refractivity contribution in [3.63, 3.8) is 0 Å². The fraction of sp³-hybridized carbons (Fsp3) is 1.00. The van der Waals surface area contributed by atoms with E-state index in [2.05, 4.69) is 13.8 Å². The topological polar surface area (TPSA) is 18.5 Å². The fourth-order valence-corrected chi connectivity index (χ4v) is 8.37.